The molecule has 2 heterocycles. The smallest absolute Gasteiger partial charge is 0.228 e. The second-order valence-electron chi connectivity index (χ2n) is 5.23. The van der Waals surface area contributed by atoms with Gasteiger partial charge < -0.3 is 15.3 Å². The molecule has 0 bridgehead atoms. The zero-order chi connectivity index (χ0) is 14.4. The number of amides is 1. The highest BCUT2D eigenvalue weighted by molar-refractivity contribution is 5.84. The van der Waals surface area contributed by atoms with Crippen LogP contribution in [0.25, 0.3) is 0 Å². The van der Waals surface area contributed by atoms with Gasteiger partial charge in [-0.2, -0.15) is 0 Å². The number of aliphatic hydroxyl groups excluding tert-OH is 1. The van der Waals surface area contributed by atoms with Crippen LogP contribution in [0.1, 0.15) is 26.2 Å². The van der Waals surface area contributed by atoms with Gasteiger partial charge in [-0.25, -0.2) is 9.97 Å². The van der Waals surface area contributed by atoms with Crippen molar-refractivity contribution in [1.82, 2.24) is 15.3 Å². The first-order valence-electron chi connectivity index (χ1n) is 7.13. The molecule has 1 atom stereocenters. The van der Waals surface area contributed by atoms with Crippen molar-refractivity contribution >= 4 is 11.9 Å². The third-order valence-electron chi connectivity index (χ3n) is 3.80. The highest BCUT2D eigenvalue weighted by Crippen LogP contribution is 2.35. The summed E-state index contributed by atoms with van der Waals surface area (Å²) in [6.45, 7) is 4.02. The summed E-state index contributed by atoms with van der Waals surface area (Å²) in [5.74, 6) is 0.683. The van der Waals surface area contributed by atoms with Crippen LogP contribution in [-0.2, 0) is 4.79 Å². The molecule has 1 unspecified atom stereocenters. The quantitative estimate of drug-likeness (QED) is 0.796. The lowest BCUT2D eigenvalue weighted by Gasteiger charge is -2.27. The monoisotopic (exact) mass is 278 g/mol. The Bertz CT molecular complexity index is 440. The number of hydrogen-bond donors (Lipinski definition) is 2. The lowest BCUT2D eigenvalue weighted by molar-refractivity contribution is -0.130. The molecule has 1 aliphatic rings. The van der Waals surface area contributed by atoms with Gasteiger partial charge in [0.15, 0.2) is 0 Å². The zero-order valence-corrected chi connectivity index (χ0v) is 11.9. The molecule has 0 radical (unpaired) electrons. The number of aromatic nitrogens is 2. The minimum Gasteiger partial charge on any atom is -0.396 e. The summed E-state index contributed by atoms with van der Waals surface area (Å²) in [7, 11) is 0. The number of hydrogen-bond acceptors (Lipinski definition) is 5. The maximum atomic E-state index is 12.4. The summed E-state index contributed by atoms with van der Waals surface area (Å²) in [4.78, 5) is 22.9. The lowest BCUT2D eigenvalue weighted by Crippen LogP contribution is -2.44. The normalized spacial score (nSPS) is 22.0. The fourth-order valence-electron chi connectivity index (χ4n) is 2.64. The predicted molar refractivity (Wildman–Crippen MR) is 76.3 cm³/mol. The number of aliphatic hydroxyl groups is 1. The standard InChI is InChI=1S/C14H22N4O2/c1-2-6-15-12(20)14(5-10-19)4-9-18(11-14)13-16-7-3-8-17-13/h3,7-8,19H,2,4-6,9-11H2,1H3,(H,15,20). The molecule has 6 nitrogen and oxygen atoms in total. The van der Waals surface area contributed by atoms with Crippen LogP contribution in [-0.4, -0.2) is 47.2 Å². The zero-order valence-electron chi connectivity index (χ0n) is 11.9. The summed E-state index contributed by atoms with van der Waals surface area (Å²) in [6.07, 6.45) is 5.51. The van der Waals surface area contributed by atoms with Crippen molar-refractivity contribution in [1.29, 1.82) is 0 Å². The van der Waals surface area contributed by atoms with E-state index in [9.17, 15) is 9.90 Å². The molecule has 0 aliphatic carbocycles. The molecule has 1 fully saturated rings. The first-order valence-corrected chi connectivity index (χ1v) is 7.13. The van der Waals surface area contributed by atoms with E-state index in [0.717, 1.165) is 19.4 Å². The largest absolute Gasteiger partial charge is 0.396 e. The summed E-state index contributed by atoms with van der Waals surface area (Å²) in [5.41, 5.74) is -0.525. The molecule has 20 heavy (non-hydrogen) atoms. The van der Waals surface area contributed by atoms with Crippen molar-refractivity contribution in [2.75, 3.05) is 31.1 Å². The minimum absolute atomic E-state index is 0.0169. The molecule has 1 saturated heterocycles. The first-order chi connectivity index (χ1) is 9.72. The molecule has 0 aromatic carbocycles. The van der Waals surface area contributed by atoms with Crippen LogP contribution in [0, 0.1) is 5.41 Å². The van der Waals surface area contributed by atoms with E-state index in [0.29, 0.717) is 25.5 Å². The Hall–Kier alpha value is -1.69. The van der Waals surface area contributed by atoms with E-state index < -0.39 is 5.41 Å². The highest BCUT2D eigenvalue weighted by atomic mass is 16.3. The summed E-state index contributed by atoms with van der Waals surface area (Å²) >= 11 is 0. The summed E-state index contributed by atoms with van der Waals surface area (Å²) < 4.78 is 0. The Morgan fingerprint density at radius 3 is 2.90 bits per heavy atom. The van der Waals surface area contributed by atoms with Crippen molar-refractivity contribution in [3.63, 3.8) is 0 Å². The number of anilines is 1. The van der Waals surface area contributed by atoms with Crippen molar-refractivity contribution in [2.45, 2.75) is 26.2 Å². The molecule has 110 valence electrons. The van der Waals surface area contributed by atoms with Gasteiger partial charge >= 0.3 is 0 Å². The highest BCUT2D eigenvalue weighted by Gasteiger charge is 2.44. The molecular formula is C14H22N4O2. The van der Waals surface area contributed by atoms with Crippen LogP contribution >= 0.6 is 0 Å². The van der Waals surface area contributed by atoms with Crippen molar-refractivity contribution in [3.8, 4) is 0 Å². The molecule has 0 saturated carbocycles. The van der Waals surface area contributed by atoms with Crippen LogP contribution in [0.15, 0.2) is 18.5 Å². The number of rotatable bonds is 6. The van der Waals surface area contributed by atoms with E-state index in [1.807, 2.05) is 11.8 Å². The predicted octanol–water partition coefficient (Wildman–Crippen LogP) is 0.582. The summed E-state index contributed by atoms with van der Waals surface area (Å²) in [6, 6.07) is 1.77. The van der Waals surface area contributed by atoms with E-state index in [-0.39, 0.29) is 12.5 Å². The van der Waals surface area contributed by atoms with Crippen LogP contribution in [0.5, 0.6) is 0 Å². The first kappa shape index (κ1) is 14.7. The minimum atomic E-state index is -0.525. The Labute approximate surface area is 119 Å². The van der Waals surface area contributed by atoms with Crippen LogP contribution < -0.4 is 10.2 Å². The van der Waals surface area contributed by atoms with Gasteiger partial charge in [0.05, 0.1) is 5.41 Å². The summed E-state index contributed by atoms with van der Waals surface area (Å²) in [5, 5.41) is 12.2. The molecular weight excluding hydrogens is 256 g/mol. The van der Waals surface area contributed by atoms with E-state index in [1.54, 1.807) is 18.5 Å². The molecule has 0 spiro atoms. The second kappa shape index (κ2) is 6.65. The molecule has 6 heteroatoms. The third-order valence-corrected chi connectivity index (χ3v) is 3.80. The van der Waals surface area contributed by atoms with Crippen LogP contribution in [0.3, 0.4) is 0 Å². The van der Waals surface area contributed by atoms with Gasteiger partial charge in [-0.15, -0.1) is 0 Å². The van der Waals surface area contributed by atoms with Gasteiger partial charge in [-0.1, -0.05) is 6.92 Å². The van der Waals surface area contributed by atoms with Crippen molar-refractivity contribution in [3.05, 3.63) is 18.5 Å². The maximum Gasteiger partial charge on any atom is 0.228 e. The molecule has 2 N–H and O–H groups in total. The third kappa shape index (κ3) is 3.07. The Morgan fingerprint density at radius 2 is 2.25 bits per heavy atom. The van der Waals surface area contributed by atoms with E-state index in [4.69, 9.17) is 0 Å². The van der Waals surface area contributed by atoms with Crippen LogP contribution in [0.2, 0.25) is 0 Å². The fraction of sp³-hybridized carbons (Fsp3) is 0.643. The van der Waals surface area contributed by atoms with Crippen molar-refractivity contribution < 1.29 is 9.90 Å². The average Bonchev–Trinajstić information content (AvgIpc) is 2.91. The Balaban J connectivity index is 2.09. The SMILES string of the molecule is CCCNC(=O)C1(CCO)CCN(c2ncccn2)C1. The van der Waals surface area contributed by atoms with Gasteiger partial charge in [0.2, 0.25) is 11.9 Å². The van der Waals surface area contributed by atoms with Gasteiger partial charge in [0, 0.05) is 38.6 Å². The number of nitrogens with zero attached hydrogens (tertiary/aromatic N) is 3. The second-order valence-corrected chi connectivity index (χ2v) is 5.23. The van der Waals surface area contributed by atoms with Gasteiger partial charge in [0.1, 0.15) is 0 Å². The van der Waals surface area contributed by atoms with E-state index in [2.05, 4.69) is 15.3 Å². The van der Waals surface area contributed by atoms with Gasteiger partial charge in [-0.3, -0.25) is 4.79 Å². The number of carbonyl (C=O) groups excluding carboxylic acids is 1. The molecule has 2 rings (SSSR count). The van der Waals surface area contributed by atoms with E-state index in [1.165, 1.54) is 0 Å². The average molecular weight is 278 g/mol. The Morgan fingerprint density at radius 1 is 1.50 bits per heavy atom. The van der Waals surface area contributed by atoms with Gasteiger partial charge in [0.25, 0.3) is 0 Å². The molecule has 1 aromatic heterocycles. The van der Waals surface area contributed by atoms with E-state index >= 15 is 0 Å². The number of nitrogens with one attached hydrogen (secondary N) is 1. The lowest BCUT2D eigenvalue weighted by atomic mass is 9.82. The maximum absolute atomic E-state index is 12.4. The number of carbonyl (C=O) groups is 1. The fourth-order valence-corrected chi connectivity index (χ4v) is 2.64. The van der Waals surface area contributed by atoms with Crippen LogP contribution in [0.4, 0.5) is 5.95 Å². The molecule has 1 aliphatic heterocycles. The van der Waals surface area contributed by atoms with Crippen molar-refractivity contribution in [2.24, 2.45) is 5.41 Å². The Kier molecular flexibility index (Phi) is 4.89. The molecule has 1 amide bonds. The topological polar surface area (TPSA) is 78.4 Å². The molecule has 1 aromatic rings. The van der Waals surface area contributed by atoms with Gasteiger partial charge in [-0.05, 0) is 25.3 Å².